The van der Waals surface area contributed by atoms with Crippen LogP contribution in [-0.2, 0) is 9.47 Å². The number of hydrogen-bond donors (Lipinski definition) is 1. The van der Waals surface area contributed by atoms with E-state index in [2.05, 4.69) is 12.2 Å². The fourth-order valence-corrected chi connectivity index (χ4v) is 2.63. The highest BCUT2D eigenvalue weighted by molar-refractivity contribution is 4.92. The first-order valence-electron chi connectivity index (χ1n) is 5.63. The molecule has 82 valence electrons. The Balaban J connectivity index is 1.98. The van der Waals surface area contributed by atoms with E-state index in [4.69, 9.17) is 9.47 Å². The molecule has 0 aliphatic carbocycles. The van der Waals surface area contributed by atoms with Crippen molar-refractivity contribution in [3.8, 4) is 0 Å². The fourth-order valence-electron chi connectivity index (χ4n) is 2.63. The second-order valence-corrected chi connectivity index (χ2v) is 4.70. The highest BCUT2D eigenvalue weighted by Gasteiger charge is 2.41. The van der Waals surface area contributed by atoms with Crippen LogP contribution in [-0.4, -0.2) is 38.5 Å². The Hall–Kier alpha value is -0.120. The summed E-state index contributed by atoms with van der Waals surface area (Å²) in [5, 5.41) is 3.36. The third kappa shape index (κ3) is 1.95. The lowest BCUT2D eigenvalue weighted by atomic mass is 9.80. The molecule has 0 aromatic rings. The van der Waals surface area contributed by atoms with Gasteiger partial charge in [0.25, 0.3) is 0 Å². The first kappa shape index (κ1) is 10.4. The molecule has 0 bridgehead atoms. The van der Waals surface area contributed by atoms with Crippen LogP contribution in [0.1, 0.15) is 26.2 Å². The molecular formula is C11H21NO2. The molecule has 2 saturated heterocycles. The summed E-state index contributed by atoms with van der Waals surface area (Å²) in [6, 6.07) is 0.620. The summed E-state index contributed by atoms with van der Waals surface area (Å²) in [6.45, 7) is 4.93. The highest BCUT2D eigenvalue weighted by atomic mass is 16.5. The number of rotatable bonds is 2. The van der Waals surface area contributed by atoms with Crippen LogP contribution in [0.3, 0.4) is 0 Å². The van der Waals surface area contributed by atoms with Crippen LogP contribution in [0.15, 0.2) is 0 Å². The normalized spacial score (nSPS) is 44.1. The van der Waals surface area contributed by atoms with Crippen molar-refractivity contribution in [1.29, 1.82) is 0 Å². The maximum absolute atomic E-state index is 5.96. The zero-order chi connectivity index (χ0) is 10.0. The van der Waals surface area contributed by atoms with E-state index in [1.807, 2.05) is 7.05 Å². The Kier molecular flexibility index (Phi) is 3.10. The Morgan fingerprint density at radius 3 is 2.79 bits per heavy atom. The van der Waals surface area contributed by atoms with Gasteiger partial charge in [-0.15, -0.1) is 0 Å². The monoisotopic (exact) mass is 199 g/mol. The van der Waals surface area contributed by atoms with E-state index >= 15 is 0 Å². The quantitative estimate of drug-likeness (QED) is 0.724. The molecule has 2 fully saturated rings. The van der Waals surface area contributed by atoms with Crippen molar-refractivity contribution in [2.75, 3.05) is 26.9 Å². The molecule has 0 amide bonds. The SMILES string of the molecule is CNC1CCOC(C)(C2CCOC2)C1. The average molecular weight is 199 g/mol. The van der Waals surface area contributed by atoms with Crippen molar-refractivity contribution >= 4 is 0 Å². The van der Waals surface area contributed by atoms with E-state index in [1.54, 1.807) is 0 Å². The van der Waals surface area contributed by atoms with Gasteiger partial charge in [-0.1, -0.05) is 0 Å². The lowest BCUT2D eigenvalue weighted by molar-refractivity contribution is -0.112. The molecule has 2 aliphatic heterocycles. The minimum absolute atomic E-state index is 0.0441. The summed E-state index contributed by atoms with van der Waals surface area (Å²) in [7, 11) is 2.04. The van der Waals surface area contributed by atoms with Crippen LogP contribution in [0, 0.1) is 5.92 Å². The summed E-state index contributed by atoms with van der Waals surface area (Å²) in [5.74, 6) is 0.596. The van der Waals surface area contributed by atoms with Crippen LogP contribution in [0.5, 0.6) is 0 Å². The molecule has 0 aromatic carbocycles. The first-order valence-corrected chi connectivity index (χ1v) is 5.63. The first-order chi connectivity index (χ1) is 6.74. The molecule has 2 rings (SSSR count). The lowest BCUT2D eigenvalue weighted by Gasteiger charge is -2.41. The van der Waals surface area contributed by atoms with Crippen LogP contribution in [0.4, 0.5) is 0 Å². The predicted molar refractivity (Wildman–Crippen MR) is 55.4 cm³/mol. The number of hydrogen-bond acceptors (Lipinski definition) is 3. The van der Waals surface area contributed by atoms with Gasteiger partial charge in [-0.3, -0.25) is 0 Å². The van der Waals surface area contributed by atoms with Crippen molar-refractivity contribution in [1.82, 2.24) is 5.32 Å². The second kappa shape index (κ2) is 4.17. The molecule has 0 saturated carbocycles. The van der Waals surface area contributed by atoms with Gasteiger partial charge in [0, 0.05) is 25.2 Å². The van der Waals surface area contributed by atoms with E-state index in [0.29, 0.717) is 12.0 Å². The Bertz CT molecular complexity index is 192. The molecule has 0 spiro atoms. The van der Waals surface area contributed by atoms with Gasteiger partial charge in [-0.2, -0.15) is 0 Å². The van der Waals surface area contributed by atoms with Crippen molar-refractivity contribution in [3.05, 3.63) is 0 Å². The van der Waals surface area contributed by atoms with E-state index in [-0.39, 0.29) is 5.60 Å². The molecule has 1 N–H and O–H groups in total. The molecule has 3 heteroatoms. The van der Waals surface area contributed by atoms with Crippen LogP contribution < -0.4 is 5.32 Å². The maximum Gasteiger partial charge on any atom is 0.0720 e. The van der Waals surface area contributed by atoms with E-state index in [1.165, 1.54) is 0 Å². The van der Waals surface area contributed by atoms with Crippen molar-refractivity contribution in [2.24, 2.45) is 5.92 Å². The van der Waals surface area contributed by atoms with Gasteiger partial charge in [0.15, 0.2) is 0 Å². The molecule has 2 heterocycles. The predicted octanol–water partition coefficient (Wildman–Crippen LogP) is 1.18. The standard InChI is InChI=1S/C11H21NO2/c1-11(9-3-5-13-8-9)7-10(12-2)4-6-14-11/h9-10,12H,3-8H2,1-2H3. The Morgan fingerprint density at radius 1 is 1.29 bits per heavy atom. The lowest BCUT2D eigenvalue weighted by Crippen LogP contribution is -2.48. The van der Waals surface area contributed by atoms with Gasteiger partial charge in [0.1, 0.15) is 0 Å². The molecule has 14 heavy (non-hydrogen) atoms. The molecular weight excluding hydrogens is 178 g/mol. The van der Waals surface area contributed by atoms with Gasteiger partial charge in [0.05, 0.1) is 12.2 Å². The van der Waals surface area contributed by atoms with E-state index < -0.39 is 0 Å². The largest absolute Gasteiger partial charge is 0.381 e. The topological polar surface area (TPSA) is 30.5 Å². The van der Waals surface area contributed by atoms with Gasteiger partial charge in [-0.25, -0.2) is 0 Å². The molecule has 2 aliphatic rings. The minimum atomic E-state index is 0.0441. The molecule has 3 unspecified atom stereocenters. The molecule has 0 radical (unpaired) electrons. The number of ether oxygens (including phenoxy) is 2. The smallest absolute Gasteiger partial charge is 0.0720 e. The summed E-state index contributed by atoms with van der Waals surface area (Å²) in [4.78, 5) is 0. The van der Waals surface area contributed by atoms with E-state index in [0.717, 1.165) is 39.1 Å². The fraction of sp³-hybridized carbons (Fsp3) is 1.00. The maximum atomic E-state index is 5.96. The Labute approximate surface area is 86.2 Å². The van der Waals surface area contributed by atoms with Gasteiger partial charge < -0.3 is 14.8 Å². The van der Waals surface area contributed by atoms with Crippen molar-refractivity contribution in [3.63, 3.8) is 0 Å². The summed E-state index contributed by atoms with van der Waals surface area (Å²) >= 11 is 0. The van der Waals surface area contributed by atoms with Gasteiger partial charge in [0.2, 0.25) is 0 Å². The summed E-state index contributed by atoms with van der Waals surface area (Å²) in [6.07, 6.45) is 3.42. The van der Waals surface area contributed by atoms with Crippen LogP contribution in [0.25, 0.3) is 0 Å². The summed E-state index contributed by atoms with van der Waals surface area (Å²) in [5.41, 5.74) is 0.0441. The zero-order valence-corrected chi connectivity index (χ0v) is 9.21. The number of nitrogens with one attached hydrogen (secondary N) is 1. The third-order valence-electron chi connectivity index (χ3n) is 3.75. The third-order valence-corrected chi connectivity index (χ3v) is 3.75. The van der Waals surface area contributed by atoms with Gasteiger partial charge >= 0.3 is 0 Å². The molecule has 3 atom stereocenters. The Morgan fingerprint density at radius 2 is 2.14 bits per heavy atom. The molecule has 0 aromatic heterocycles. The zero-order valence-electron chi connectivity index (χ0n) is 9.21. The highest BCUT2D eigenvalue weighted by Crippen LogP contribution is 2.36. The molecule has 3 nitrogen and oxygen atoms in total. The van der Waals surface area contributed by atoms with E-state index in [9.17, 15) is 0 Å². The van der Waals surface area contributed by atoms with Crippen LogP contribution >= 0.6 is 0 Å². The van der Waals surface area contributed by atoms with Crippen molar-refractivity contribution in [2.45, 2.75) is 37.8 Å². The van der Waals surface area contributed by atoms with Crippen LogP contribution in [0.2, 0.25) is 0 Å². The minimum Gasteiger partial charge on any atom is -0.381 e. The average Bonchev–Trinajstić information content (AvgIpc) is 2.71. The van der Waals surface area contributed by atoms with Crippen molar-refractivity contribution < 1.29 is 9.47 Å². The summed E-state index contributed by atoms with van der Waals surface area (Å²) < 4.78 is 11.4. The van der Waals surface area contributed by atoms with Gasteiger partial charge in [-0.05, 0) is 33.2 Å². The second-order valence-electron chi connectivity index (χ2n) is 4.70.